The first-order valence-corrected chi connectivity index (χ1v) is 14.7. The number of aromatic nitrogens is 2. The Morgan fingerprint density at radius 1 is 0.895 bits per heavy atom. The Labute approximate surface area is 229 Å². The second kappa shape index (κ2) is 10.8. The molecule has 1 saturated carbocycles. The van der Waals surface area contributed by atoms with Gasteiger partial charge in [0.15, 0.2) is 5.16 Å². The van der Waals surface area contributed by atoms with E-state index < -0.39 is 0 Å². The molecular formula is C33H34N2O2S. The van der Waals surface area contributed by atoms with Crippen molar-refractivity contribution in [2.24, 2.45) is 0 Å². The summed E-state index contributed by atoms with van der Waals surface area (Å²) in [5.41, 5.74) is 6.76. The summed E-state index contributed by atoms with van der Waals surface area (Å²) in [6.07, 6.45) is 7.60. The molecule has 0 atom stereocenters. The Hall–Kier alpha value is -3.31. The normalized spacial score (nSPS) is 15.6. The summed E-state index contributed by atoms with van der Waals surface area (Å²) >= 11 is 1.69. The first-order chi connectivity index (χ1) is 18.7. The Bertz CT molecular complexity index is 1470. The fourth-order valence-corrected chi connectivity index (χ4v) is 7.27. The predicted octanol–water partition coefficient (Wildman–Crippen LogP) is 7.06. The molecule has 194 valence electrons. The van der Waals surface area contributed by atoms with Crippen molar-refractivity contribution in [2.45, 2.75) is 62.1 Å². The molecule has 3 aromatic carbocycles. The van der Waals surface area contributed by atoms with Crippen molar-refractivity contribution >= 4 is 11.8 Å². The highest BCUT2D eigenvalue weighted by Gasteiger charge is 2.43. The fourth-order valence-electron chi connectivity index (χ4n) is 6.29. The van der Waals surface area contributed by atoms with Crippen LogP contribution in [0.2, 0.25) is 0 Å². The van der Waals surface area contributed by atoms with Crippen molar-refractivity contribution in [1.29, 1.82) is 0 Å². The van der Waals surface area contributed by atoms with Gasteiger partial charge in [-0.05, 0) is 54.5 Å². The molecule has 1 aromatic heterocycles. The van der Waals surface area contributed by atoms with Gasteiger partial charge in [-0.25, -0.2) is 4.98 Å². The summed E-state index contributed by atoms with van der Waals surface area (Å²) in [7, 11) is 1.68. The van der Waals surface area contributed by atoms with E-state index in [4.69, 9.17) is 9.72 Å². The molecule has 1 spiro atoms. The van der Waals surface area contributed by atoms with Crippen LogP contribution in [0.15, 0.2) is 88.8 Å². The van der Waals surface area contributed by atoms with Gasteiger partial charge < -0.3 is 4.74 Å². The van der Waals surface area contributed by atoms with Crippen molar-refractivity contribution in [3.8, 4) is 17.0 Å². The summed E-state index contributed by atoms with van der Waals surface area (Å²) in [5.74, 6) is 1.69. The highest BCUT2D eigenvalue weighted by molar-refractivity contribution is 7.99. The fraction of sp³-hybridized carbons (Fsp3) is 0.333. The number of rotatable bonds is 7. The van der Waals surface area contributed by atoms with Crippen LogP contribution in [0.1, 0.15) is 54.4 Å². The maximum atomic E-state index is 14.6. The third-order valence-electron chi connectivity index (χ3n) is 8.24. The monoisotopic (exact) mass is 522 g/mol. The number of fused-ring (bicyclic) bond motifs is 4. The average Bonchev–Trinajstić information content (AvgIpc) is 2.96. The van der Waals surface area contributed by atoms with Gasteiger partial charge in [0, 0.05) is 16.7 Å². The van der Waals surface area contributed by atoms with Crippen LogP contribution in [0.3, 0.4) is 0 Å². The minimum Gasteiger partial charge on any atom is -0.497 e. The van der Waals surface area contributed by atoms with Crippen molar-refractivity contribution in [3.63, 3.8) is 0 Å². The van der Waals surface area contributed by atoms with E-state index in [0.29, 0.717) is 6.54 Å². The highest BCUT2D eigenvalue weighted by Crippen LogP contribution is 2.48. The van der Waals surface area contributed by atoms with Crippen molar-refractivity contribution in [1.82, 2.24) is 9.55 Å². The standard InChI is InChI=1S/C33H34N2O2S/c1-37-27-16-14-25(15-17-27)23-35-31(36)29-30(34-32(35)38-21-18-24-10-4-2-5-11-24)28-13-7-6-12-26(28)22-33(29)19-8-3-9-20-33/h2,4-7,10-17H,3,8-9,18-23H2,1H3. The van der Waals surface area contributed by atoms with Gasteiger partial charge >= 0.3 is 0 Å². The lowest BCUT2D eigenvalue weighted by Gasteiger charge is -2.42. The summed E-state index contributed by atoms with van der Waals surface area (Å²) < 4.78 is 7.30. The van der Waals surface area contributed by atoms with Crippen molar-refractivity contribution in [3.05, 3.63) is 111 Å². The molecule has 2 aliphatic rings. The van der Waals surface area contributed by atoms with Gasteiger partial charge in [0.1, 0.15) is 5.75 Å². The van der Waals surface area contributed by atoms with Crippen molar-refractivity contribution < 1.29 is 4.74 Å². The molecule has 4 aromatic rings. The van der Waals surface area contributed by atoms with Crippen LogP contribution < -0.4 is 10.3 Å². The Kier molecular flexibility index (Phi) is 7.12. The molecule has 4 nitrogen and oxygen atoms in total. The van der Waals surface area contributed by atoms with E-state index in [2.05, 4.69) is 60.7 Å². The minimum absolute atomic E-state index is 0.110. The maximum Gasteiger partial charge on any atom is 0.258 e. The van der Waals surface area contributed by atoms with E-state index >= 15 is 0 Å². The summed E-state index contributed by atoms with van der Waals surface area (Å²) in [6, 6.07) is 27.2. The van der Waals surface area contributed by atoms with Crippen LogP contribution >= 0.6 is 11.8 Å². The van der Waals surface area contributed by atoms with Crippen LogP contribution in [0, 0.1) is 0 Å². The van der Waals surface area contributed by atoms with E-state index in [0.717, 1.165) is 64.7 Å². The zero-order valence-electron chi connectivity index (χ0n) is 22.0. The first kappa shape index (κ1) is 25.0. The zero-order valence-corrected chi connectivity index (χ0v) is 22.8. The highest BCUT2D eigenvalue weighted by atomic mass is 32.2. The molecule has 5 heteroatoms. The number of thioether (sulfide) groups is 1. The molecule has 38 heavy (non-hydrogen) atoms. The van der Waals surface area contributed by atoms with E-state index in [-0.39, 0.29) is 11.0 Å². The van der Waals surface area contributed by atoms with E-state index in [1.54, 1.807) is 18.9 Å². The molecule has 0 amide bonds. The molecule has 0 radical (unpaired) electrons. The number of ether oxygens (including phenoxy) is 1. The van der Waals surface area contributed by atoms with Gasteiger partial charge in [-0.15, -0.1) is 0 Å². The minimum atomic E-state index is -0.110. The van der Waals surface area contributed by atoms with Gasteiger partial charge in [-0.1, -0.05) is 97.8 Å². The summed E-state index contributed by atoms with van der Waals surface area (Å²) in [5, 5.41) is 0.808. The smallest absolute Gasteiger partial charge is 0.258 e. The van der Waals surface area contributed by atoms with E-state index in [9.17, 15) is 4.79 Å². The number of aryl methyl sites for hydroxylation is 1. The Balaban J connectivity index is 1.46. The third-order valence-corrected chi connectivity index (χ3v) is 9.22. The zero-order chi connectivity index (χ0) is 26.0. The lowest BCUT2D eigenvalue weighted by Crippen LogP contribution is -2.43. The van der Waals surface area contributed by atoms with Crippen LogP contribution in [0.25, 0.3) is 11.3 Å². The molecule has 0 bridgehead atoms. The van der Waals surface area contributed by atoms with Crippen LogP contribution in [-0.4, -0.2) is 22.4 Å². The van der Waals surface area contributed by atoms with Crippen molar-refractivity contribution in [2.75, 3.05) is 12.9 Å². The Morgan fingerprint density at radius 3 is 2.39 bits per heavy atom. The van der Waals surface area contributed by atoms with Gasteiger partial charge in [-0.2, -0.15) is 0 Å². The van der Waals surface area contributed by atoms with E-state index in [1.165, 1.54) is 30.4 Å². The SMILES string of the molecule is COc1ccc(Cn2c(SCCc3ccccc3)nc3c(c2=O)C2(CCCCC2)Cc2ccccc2-3)cc1. The number of hydrogen-bond acceptors (Lipinski definition) is 4. The lowest BCUT2D eigenvalue weighted by atomic mass is 9.62. The molecule has 2 aliphatic carbocycles. The van der Waals surface area contributed by atoms with Crippen LogP contribution in [0.4, 0.5) is 0 Å². The molecule has 6 rings (SSSR count). The van der Waals surface area contributed by atoms with Gasteiger partial charge in [0.2, 0.25) is 0 Å². The quantitative estimate of drug-likeness (QED) is 0.193. The topological polar surface area (TPSA) is 44.1 Å². The Morgan fingerprint density at radius 2 is 1.63 bits per heavy atom. The largest absolute Gasteiger partial charge is 0.497 e. The van der Waals surface area contributed by atoms with Crippen LogP contribution in [-0.2, 0) is 24.8 Å². The summed E-state index contributed by atoms with van der Waals surface area (Å²) in [4.78, 5) is 19.9. The number of nitrogens with zero attached hydrogens (tertiary/aromatic N) is 2. The number of methoxy groups -OCH3 is 1. The second-order valence-corrected chi connectivity index (χ2v) is 11.7. The number of hydrogen-bond donors (Lipinski definition) is 0. The molecular weight excluding hydrogens is 488 g/mol. The molecule has 0 unspecified atom stereocenters. The third kappa shape index (κ3) is 4.80. The van der Waals surface area contributed by atoms with E-state index in [1.807, 2.05) is 22.8 Å². The summed E-state index contributed by atoms with van der Waals surface area (Å²) in [6.45, 7) is 0.508. The molecule has 0 N–H and O–H groups in total. The van der Waals surface area contributed by atoms with Gasteiger partial charge in [0.05, 0.1) is 24.9 Å². The molecule has 0 aliphatic heterocycles. The molecule has 1 heterocycles. The average molecular weight is 523 g/mol. The molecule has 0 saturated heterocycles. The first-order valence-electron chi connectivity index (χ1n) is 13.7. The maximum absolute atomic E-state index is 14.6. The number of benzene rings is 3. The lowest BCUT2D eigenvalue weighted by molar-refractivity contribution is 0.282. The van der Waals surface area contributed by atoms with Gasteiger partial charge in [0.25, 0.3) is 5.56 Å². The second-order valence-electron chi connectivity index (χ2n) is 10.6. The van der Waals surface area contributed by atoms with Gasteiger partial charge in [-0.3, -0.25) is 9.36 Å². The van der Waals surface area contributed by atoms with Crippen LogP contribution in [0.5, 0.6) is 5.75 Å². The predicted molar refractivity (Wildman–Crippen MR) is 155 cm³/mol. The molecule has 1 fully saturated rings.